The zero-order valence-electron chi connectivity index (χ0n) is 12.0. The minimum atomic E-state index is -0.746. The molecule has 2 rings (SSSR count). The van der Waals surface area contributed by atoms with Gasteiger partial charge in [0, 0.05) is 19.0 Å². The number of carbonyl (C=O) groups is 2. The van der Waals surface area contributed by atoms with Crippen molar-refractivity contribution < 1.29 is 14.7 Å². The van der Waals surface area contributed by atoms with Gasteiger partial charge in [0.05, 0.1) is 5.92 Å². The van der Waals surface area contributed by atoms with Gasteiger partial charge in [-0.2, -0.15) is 0 Å². The Hall–Kier alpha value is -1.06. The molecule has 2 saturated carbocycles. The highest BCUT2D eigenvalue weighted by Crippen LogP contribution is 2.34. The summed E-state index contributed by atoms with van der Waals surface area (Å²) in [5, 5.41) is 9.01. The number of nitrogens with zero attached hydrogens (tertiary/aromatic N) is 1. The van der Waals surface area contributed by atoms with Gasteiger partial charge in [0.25, 0.3) is 0 Å². The molecule has 0 aromatic heterocycles. The van der Waals surface area contributed by atoms with Crippen LogP contribution in [0.5, 0.6) is 0 Å². The van der Waals surface area contributed by atoms with Crippen LogP contribution in [0.25, 0.3) is 0 Å². The van der Waals surface area contributed by atoms with Crippen LogP contribution in [0.2, 0.25) is 0 Å². The Labute approximate surface area is 115 Å². The summed E-state index contributed by atoms with van der Waals surface area (Å²) in [5.74, 6) is -0.257. The van der Waals surface area contributed by atoms with Gasteiger partial charge >= 0.3 is 5.97 Å². The third kappa shape index (κ3) is 3.28. The van der Waals surface area contributed by atoms with Crippen molar-refractivity contribution in [1.82, 2.24) is 4.90 Å². The van der Waals surface area contributed by atoms with Gasteiger partial charge in [-0.05, 0) is 38.0 Å². The van der Waals surface area contributed by atoms with Crippen LogP contribution in [0.15, 0.2) is 0 Å². The lowest BCUT2D eigenvalue weighted by Gasteiger charge is -2.35. The average molecular weight is 267 g/mol. The molecule has 2 aliphatic rings. The first-order chi connectivity index (χ1) is 8.99. The molecule has 0 heterocycles. The maximum Gasteiger partial charge on any atom is 0.306 e. The van der Waals surface area contributed by atoms with Crippen molar-refractivity contribution in [2.45, 2.75) is 57.9 Å². The van der Waals surface area contributed by atoms with Gasteiger partial charge < -0.3 is 10.0 Å². The van der Waals surface area contributed by atoms with Crippen LogP contribution < -0.4 is 0 Å². The number of hydrogen-bond donors (Lipinski definition) is 1. The van der Waals surface area contributed by atoms with Crippen LogP contribution in [0.3, 0.4) is 0 Å². The fourth-order valence-electron chi connectivity index (χ4n) is 3.65. The normalized spacial score (nSPS) is 35.1. The Morgan fingerprint density at radius 3 is 2.32 bits per heavy atom. The Morgan fingerprint density at radius 1 is 1.05 bits per heavy atom. The summed E-state index contributed by atoms with van der Waals surface area (Å²) in [6.07, 6.45) is 6.58. The molecule has 4 heteroatoms. The van der Waals surface area contributed by atoms with E-state index in [9.17, 15) is 9.59 Å². The topological polar surface area (TPSA) is 57.6 Å². The number of rotatable bonds is 3. The largest absolute Gasteiger partial charge is 0.481 e. The van der Waals surface area contributed by atoms with Gasteiger partial charge in [-0.15, -0.1) is 0 Å². The SMILES string of the molecule is CC1CCCC(N(C)C(=O)[C@@H]2CC[C@H](C(=O)O)C2)C1. The molecule has 0 radical (unpaired) electrons. The molecule has 1 amide bonds. The molecule has 4 atom stereocenters. The summed E-state index contributed by atoms with van der Waals surface area (Å²) in [5.41, 5.74) is 0. The second-order valence-electron chi connectivity index (χ2n) is 6.42. The first-order valence-electron chi connectivity index (χ1n) is 7.48. The van der Waals surface area contributed by atoms with Crippen molar-refractivity contribution in [3.63, 3.8) is 0 Å². The van der Waals surface area contributed by atoms with Gasteiger partial charge in [-0.1, -0.05) is 19.8 Å². The molecule has 2 unspecified atom stereocenters. The van der Waals surface area contributed by atoms with Crippen LogP contribution in [-0.4, -0.2) is 35.0 Å². The van der Waals surface area contributed by atoms with Crippen LogP contribution in [-0.2, 0) is 9.59 Å². The minimum Gasteiger partial charge on any atom is -0.481 e. The van der Waals surface area contributed by atoms with Gasteiger partial charge in [0.1, 0.15) is 0 Å². The molecular formula is C15H25NO3. The first-order valence-corrected chi connectivity index (χ1v) is 7.48. The lowest BCUT2D eigenvalue weighted by atomic mass is 9.86. The predicted molar refractivity (Wildman–Crippen MR) is 72.7 cm³/mol. The first kappa shape index (κ1) is 14.4. The van der Waals surface area contributed by atoms with Crippen molar-refractivity contribution in [2.24, 2.45) is 17.8 Å². The second-order valence-corrected chi connectivity index (χ2v) is 6.42. The molecule has 1 N–H and O–H groups in total. The van der Waals surface area contributed by atoms with E-state index in [1.165, 1.54) is 12.8 Å². The Bertz CT molecular complexity index is 355. The monoisotopic (exact) mass is 267 g/mol. The number of hydrogen-bond acceptors (Lipinski definition) is 2. The van der Waals surface area contributed by atoms with Gasteiger partial charge in [-0.25, -0.2) is 0 Å². The van der Waals surface area contributed by atoms with E-state index in [1.807, 2.05) is 11.9 Å². The highest BCUT2D eigenvalue weighted by molar-refractivity contribution is 5.81. The molecule has 2 aliphatic carbocycles. The standard InChI is InChI=1S/C15H25NO3/c1-10-4-3-5-13(8-10)16(2)14(17)11-6-7-12(9-11)15(18)19/h10-13H,3-9H2,1-2H3,(H,18,19)/t10?,11-,12+,13?/m1/s1. The minimum absolute atomic E-state index is 0.0664. The number of aliphatic carboxylic acids is 1. The van der Waals surface area contributed by atoms with E-state index in [4.69, 9.17) is 5.11 Å². The zero-order chi connectivity index (χ0) is 14.0. The van der Waals surface area contributed by atoms with E-state index in [2.05, 4.69) is 6.92 Å². The summed E-state index contributed by atoms with van der Waals surface area (Å²) in [6, 6.07) is 0.361. The number of carbonyl (C=O) groups excluding carboxylic acids is 1. The molecule has 0 saturated heterocycles. The molecule has 19 heavy (non-hydrogen) atoms. The van der Waals surface area contributed by atoms with E-state index in [0.29, 0.717) is 24.8 Å². The lowest BCUT2D eigenvalue weighted by molar-refractivity contribution is -0.141. The molecule has 0 aromatic rings. The maximum atomic E-state index is 12.5. The number of amides is 1. The Morgan fingerprint density at radius 2 is 1.74 bits per heavy atom. The van der Waals surface area contributed by atoms with Crippen LogP contribution in [0.1, 0.15) is 51.9 Å². The predicted octanol–water partition coefficient (Wildman–Crippen LogP) is 2.52. The van der Waals surface area contributed by atoms with Crippen molar-refractivity contribution in [2.75, 3.05) is 7.05 Å². The van der Waals surface area contributed by atoms with E-state index >= 15 is 0 Å². The molecule has 0 aliphatic heterocycles. The Balaban J connectivity index is 1.90. The van der Waals surface area contributed by atoms with Gasteiger partial charge in [0.2, 0.25) is 5.91 Å². The molecular weight excluding hydrogens is 242 g/mol. The van der Waals surface area contributed by atoms with Crippen molar-refractivity contribution >= 4 is 11.9 Å². The molecule has 0 bridgehead atoms. The average Bonchev–Trinajstić information content (AvgIpc) is 2.86. The van der Waals surface area contributed by atoms with Crippen LogP contribution in [0, 0.1) is 17.8 Å². The molecule has 108 valence electrons. The smallest absolute Gasteiger partial charge is 0.306 e. The van der Waals surface area contributed by atoms with Gasteiger partial charge in [0.15, 0.2) is 0 Å². The zero-order valence-corrected chi connectivity index (χ0v) is 12.0. The van der Waals surface area contributed by atoms with Crippen molar-refractivity contribution in [3.8, 4) is 0 Å². The molecule has 2 fully saturated rings. The number of carboxylic acid groups (broad SMARTS) is 1. The van der Waals surface area contributed by atoms with Crippen LogP contribution >= 0.6 is 0 Å². The fraction of sp³-hybridized carbons (Fsp3) is 0.867. The van der Waals surface area contributed by atoms with Crippen molar-refractivity contribution in [1.29, 1.82) is 0 Å². The van der Waals surface area contributed by atoms with E-state index in [1.54, 1.807) is 0 Å². The molecule has 0 spiro atoms. The van der Waals surface area contributed by atoms with Crippen molar-refractivity contribution in [3.05, 3.63) is 0 Å². The molecule has 4 nitrogen and oxygen atoms in total. The quantitative estimate of drug-likeness (QED) is 0.854. The highest BCUT2D eigenvalue weighted by Gasteiger charge is 2.37. The van der Waals surface area contributed by atoms with Gasteiger partial charge in [-0.3, -0.25) is 9.59 Å². The summed E-state index contributed by atoms with van der Waals surface area (Å²) >= 11 is 0. The van der Waals surface area contributed by atoms with E-state index in [0.717, 1.165) is 19.3 Å². The third-order valence-electron chi connectivity index (χ3n) is 4.94. The summed E-state index contributed by atoms with van der Waals surface area (Å²) in [4.78, 5) is 25.3. The van der Waals surface area contributed by atoms with Crippen LogP contribution in [0.4, 0.5) is 0 Å². The third-order valence-corrected chi connectivity index (χ3v) is 4.94. The second kappa shape index (κ2) is 5.93. The Kier molecular flexibility index (Phi) is 4.48. The summed E-state index contributed by atoms with van der Waals surface area (Å²) < 4.78 is 0. The lowest BCUT2D eigenvalue weighted by Crippen LogP contribution is -2.42. The summed E-state index contributed by atoms with van der Waals surface area (Å²) in [6.45, 7) is 2.25. The van der Waals surface area contributed by atoms with E-state index < -0.39 is 5.97 Å². The fourth-order valence-corrected chi connectivity index (χ4v) is 3.65. The summed E-state index contributed by atoms with van der Waals surface area (Å²) in [7, 11) is 1.90. The molecule has 0 aromatic carbocycles. The van der Waals surface area contributed by atoms with E-state index in [-0.39, 0.29) is 17.7 Å². The maximum absolute atomic E-state index is 12.5. The highest BCUT2D eigenvalue weighted by atomic mass is 16.4. The number of carboxylic acids is 1.